The number of rotatable bonds is 5. The average molecular weight is 387 g/mol. The summed E-state index contributed by atoms with van der Waals surface area (Å²) in [5, 5.41) is 5.09. The maximum Gasteiger partial charge on any atom is 0.344 e. The number of para-hydroxylation sites is 2. The monoisotopic (exact) mass is 387 g/mol. The Kier molecular flexibility index (Phi) is 4.99. The van der Waals surface area contributed by atoms with Gasteiger partial charge < -0.3 is 9.47 Å². The van der Waals surface area contributed by atoms with E-state index in [1.54, 1.807) is 30.5 Å². The van der Waals surface area contributed by atoms with Gasteiger partial charge in [-0.15, -0.1) is 0 Å². The molecule has 0 saturated carbocycles. The predicted octanol–water partition coefficient (Wildman–Crippen LogP) is 4.91. The number of aromatic nitrogens is 3. The first-order valence-electron chi connectivity index (χ1n) is 9.37. The van der Waals surface area contributed by atoms with Crippen molar-refractivity contribution in [2.45, 2.75) is 19.9 Å². The molecule has 6 heteroatoms. The molecule has 0 aliphatic rings. The molecule has 0 aliphatic heterocycles. The first-order chi connectivity index (χ1) is 14.1. The van der Waals surface area contributed by atoms with E-state index in [0.29, 0.717) is 33.8 Å². The quantitative estimate of drug-likeness (QED) is 0.360. The number of hydrogen-bond acceptors (Lipinski definition) is 5. The molecule has 2 aromatic carbocycles. The van der Waals surface area contributed by atoms with Gasteiger partial charge in [-0.3, -0.25) is 0 Å². The van der Waals surface area contributed by atoms with E-state index in [9.17, 15) is 4.79 Å². The summed E-state index contributed by atoms with van der Waals surface area (Å²) >= 11 is 0. The van der Waals surface area contributed by atoms with E-state index in [4.69, 9.17) is 14.5 Å². The Morgan fingerprint density at radius 1 is 1.00 bits per heavy atom. The summed E-state index contributed by atoms with van der Waals surface area (Å²) in [5.74, 6) is 0.372. The van der Waals surface area contributed by atoms with Crippen molar-refractivity contribution in [1.29, 1.82) is 0 Å². The van der Waals surface area contributed by atoms with Crippen LogP contribution in [0.15, 0.2) is 66.9 Å². The number of methoxy groups -OCH3 is 1. The lowest BCUT2D eigenvalue weighted by Gasteiger charge is -2.12. The number of carbonyl (C=O) groups is 1. The van der Waals surface area contributed by atoms with Crippen molar-refractivity contribution in [3.8, 4) is 22.8 Å². The standard InChI is InChI=1S/C23H21N3O3/c1-15(2)26-22-18(14-24-26)17(13-19(25-22)16-9-5-4-6-10-16)23(27)29-21-12-8-7-11-20(21)28-3/h4-15H,1-3H3. The Morgan fingerprint density at radius 2 is 1.69 bits per heavy atom. The average Bonchev–Trinajstić information content (AvgIpc) is 3.18. The molecular formula is C23H21N3O3. The molecule has 29 heavy (non-hydrogen) atoms. The van der Waals surface area contributed by atoms with Crippen LogP contribution in [0.25, 0.3) is 22.3 Å². The lowest BCUT2D eigenvalue weighted by molar-refractivity contribution is 0.0731. The molecule has 0 atom stereocenters. The van der Waals surface area contributed by atoms with Gasteiger partial charge in [-0.2, -0.15) is 5.10 Å². The van der Waals surface area contributed by atoms with Crippen molar-refractivity contribution >= 4 is 17.0 Å². The van der Waals surface area contributed by atoms with Crippen LogP contribution >= 0.6 is 0 Å². The van der Waals surface area contributed by atoms with E-state index in [1.807, 2.05) is 54.9 Å². The highest BCUT2D eigenvalue weighted by molar-refractivity contribution is 6.04. The fourth-order valence-corrected chi connectivity index (χ4v) is 3.18. The second-order valence-corrected chi connectivity index (χ2v) is 6.88. The van der Waals surface area contributed by atoms with Crippen LogP contribution in [0.5, 0.6) is 11.5 Å². The fraction of sp³-hybridized carbons (Fsp3) is 0.174. The molecule has 0 saturated heterocycles. The van der Waals surface area contributed by atoms with Crippen molar-refractivity contribution in [2.75, 3.05) is 7.11 Å². The predicted molar refractivity (Wildman–Crippen MR) is 111 cm³/mol. The lowest BCUT2D eigenvalue weighted by Crippen LogP contribution is -2.11. The summed E-state index contributed by atoms with van der Waals surface area (Å²) in [6, 6.07) is 18.6. The first-order valence-corrected chi connectivity index (χ1v) is 9.37. The maximum atomic E-state index is 13.1. The first kappa shape index (κ1) is 18.7. The van der Waals surface area contributed by atoms with Gasteiger partial charge in [0.05, 0.1) is 30.0 Å². The highest BCUT2D eigenvalue weighted by atomic mass is 16.6. The summed E-state index contributed by atoms with van der Waals surface area (Å²) in [7, 11) is 1.54. The number of benzene rings is 2. The zero-order chi connectivity index (χ0) is 20.4. The fourth-order valence-electron chi connectivity index (χ4n) is 3.18. The molecule has 6 nitrogen and oxygen atoms in total. The van der Waals surface area contributed by atoms with Gasteiger partial charge in [0.1, 0.15) is 0 Å². The van der Waals surface area contributed by atoms with Gasteiger partial charge in [0.25, 0.3) is 0 Å². The van der Waals surface area contributed by atoms with Crippen LogP contribution in [-0.4, -0.2) is 27.8 Å². The van der Waals surface area contributed by atoms with E-state index < -0.39 is 5.97 Å². The Balaban J connectivity index is 1.85. The van der Waals surface area contributed by atoms with Gasteiger partial charge in [-0.1, -0.05) is 42.5 Å². The molecule has 0 bridgehead atoms. The number of pyridine rings is 1. The zero-order valence-electron chi connectivity index (χ0n) is 16.5. The largest absolute Gasteiger partial charge is 0.493 e. The molecule has 146 valence electrons. The van der Waals surface area contributed by atoms with E-state index in [0.717, 1.165) is 5.56 Å². The van der Waals surface area contributed by atoms with Gasteiger partial charge in [-0.05, 0) is 32.0 Å². The van der Waals surface area contributed by atoms with Crippen LogP contribution in [0, 0.1) is 0 Å². The Hall–Kier alpha value is -3.67. The van der Waals surface area contributed by atoms with Gasteiger partial charge in [-0.25, -0.2) is 14.5 Å². The molecule has 0 unspecified atom stereocenters. The van der Waals surface area contributed by atoms with Gasteiger partial charge in [0.2, 0.25) is 0 Å². The minimum absolute atomic E-state index is 0.101. The van der Waals surface area contributed by atoms with E-state index in [1.165, 1.54) is 7.11 Å². The number of ether oxygens (including phenoxy) is 2. The third-order valence-electron chi connectivity index (χ3n) is 4.62. The number of carbonyl (C=O) groups excluding carboxylic acids is 1. The maximum absolute atomic E-state index is 13.1. The van der Waals surface area contributed by atoms with Crippen LogP contribution in [-0.2, 0) is 0 Å². The topological polar surface area (TPSA) is 66.2 Å². The van der Waals surface area contributed by atoms with Gasteiger partial charge >= 0.3 is 5.97 Å². The van der Waals surface area contributed by atoms with E-state index >= 15 is 0 Å². The second kappa shape index (κ2) is 7.75. The molecule has 4 rings (SSSR count). The lowest BCUT2D eigenvalue weighted by atomic mass is 10.1. The molecule has 4 aromatic rings. The highest BCUT2D eigenvalue weighted by Gasteiger charge is 2.21. The minimum Gasteiger partial charge on any atom is -0.493 e. The van der Waals surface area contributed by atoms with Crippen molar-refractivity contribution in [2.24, 2.45) is 0 Å². The second-order valence-electron chi connectivity index (χ2n) is 6.88. The molecular weight excluding hydrogens is 366 g/mol. The van der Waals surface area contributed by atoms with Crippen molar-refractivity contribution < 1.29 is 14.3 Å². The number of esters is 1. The molecule has 0 fully saturated rings. The molecule has 2 aromatic heterocycles. The summed E-state index contributed by atoms with van der Waals surface area (Å²) in [6.07, 6.45) is 1.66. The summed E-state index contributed by atoms with van der Waals surface area (Å²) in [5.41, 5.74) is 2.66. The smallest absolute Gasteiger partial charge is 0.344 e. The van der Waals surface area contributed by atoms with Crippen molar-refractivity contribution in [3.63, 3.8) is 0 Å². The molecule has 2 heterocycles. The Bertz CT molecular complexity index is 1170. The summed E-state index contributed by atoms with van der Waals surface area (Å²) < 4.78 is 12.8. The van der Waals surface area contributed by atoms with Gasteiger partial charge in [0.15, 0.2) is 17.1 Å². The zero-order valence-corrected chi connectivity index (χ0v) is 16.5. The molecule has 0 radical (unpaired) electrons. The van der Waals surface area contributed by atoms with Crippen LogP contribution in [0.4, 0.5) is 0 Å². The van der Waals surface area contributed by atoms with Crippen LogP contribution in [0.1, 0.15) is 30.2 Å². The number of nitrogens with zero attached hydrogens (tertiary/aromatic N) is 3. The SMILES string of the molecule is COc1ccccc1OC(=O)c1cc(-c2ccccc2)nc2c1cnn2C(C)C. The van der Waals surface area contributed by atoms with Crippen LogP contribution in [0.2, 0.25) is 0 Å². The summed E-state index contributed by atoms with van der Waals surface area (Å²) in [6.45, 7) is 4.05. The number of fused-ring (bicyclic) bond motifs is 1. The Morgan fingerprint density at radius 3 is 2.38 bits per heavy atom. The highest BCUT2D eigenvalue weighted by Crippen LogP contribution is 2.30. The number of hydrogen-bond donors (Lipinski definition) is 0. The third kappa shape index (κ3) is 3.57. The molecule has 0 N–H and O–H groups in total. The normalized spacial score (nSPS) is 11.0. The van der Waals surface area contributed by atoms with E-state index in [2.05, 4.69) is 5.10 Å². The van der Waals surface area contributed by atoms with E-state index in [-0.39, 0.29) is 6.04 Å². The van der Waals surface area contributed by atoms with Crippen molar-refractivity contribution in [1.82, 2.24) is 14.8 Å². The van der Waals surface area contributed by atoms with Gasteiger partial charge in [0, 0.05) is 11.6 Å². The molecule has 0 spiro atoms. The Labute approximate surface area is 168 Å². The minimum atomic E-state index is -0.484. The third-order valence-corrected chi connectivity index (χ3v) is 4.62. The van der Waals surface area contributed by atoms with Crippen LogP contribution < -0.4 is 9.47 Å². The molecule has 0 aliphatic carbocycles. The van der Waals surface area contributed by atoms with Crippen molar-refractivity contribution in [3.05, 3.63) is 72.4 Å². The summed E-state index contributed by atoms with van der Waals surface area (Å²) in [4.78, 5) is 17.9. The molecule has 0 amide bonds. The van der Waals surface area contributed by atoms with Crippen LogP contribution in [0.3, 0.4) is 0 Å².